The Morgan fingerprint density at radius 1 is 1.06 bits per heavy atom. The number of thiophene rings is 1. The van der Waals surface area contributed by atoms with Crippen molar-refractivity contribution in [2.45, 2.75) is 18.4 Å². The maximum absolute atomic E-state index is 13.0. The molecular weight excluding hydrogens is 448 g/mol. The minimum atomic E-state index is -3.84. The largest absolute Gasteiger partial charge is 0.507 e. The van der Waals surface area contributed by atoms with Crippen LogP contribution in [0.15, 0.2) is 64.9 Å². The van der Waals surface area contributed by atoms with E-state index in [0.717, 1.165) is 10.4 Å². The van der Waals surface area contributed by atoms with Crippen LogP contribution in [0.3, 0.4) is 0 Å². The number of nitrogens with zero attached hydrogens (tertiary/aromatic N) is 2. The third-order valence-electron chi connectivity index (χ3n) is 5.30. The number of hydrogen-bond donors (Lipinski definition) is 1. The highest BCUT2D eigenvalue weighted by molar-refractivity contribution is 7.89. The molecule has 1 amide bonds. The zero-order chi connectivity index (χ0) is 22.7. The first-order valence-corrected chi connectivity index (χ1v) is 12.5. The molecule has 1 fully saturated rings. The molecule has 0 unspecified atom stereocenters. The van der Waals surface area contributed by atoms with E-state index in [1.165, 1.54) is 16.4 Å². The number of hydrogen-bond acceptors (Lipinski definition) is 6. The van der Waals surface area contributed by atoms with Crippen LogP contribution in [-0.4, -0.2) is 54.8 Å². The summed E-state index contributed by atoms with van der Waals surface area (Å²) in [6, 6.07) is 15.5. The van der Waals surface area contributed by atoms with E-state index < -0.39 is 10.0 Å². The number of carbonyl (C=O) groups excluding carboxylic acids is 1. The summed E-state index contributed by atoms with van der Waals surface area (Å²) < 4.78 is 33.0. The van der Waals surface area contributed by atoms with Crippen molar-refractivity contribution in [1.82, 2.24) is 9.21 Å². The average molecular weight is 473 g/mol. The fourth-order valence-corrected chi connectivity index (χ4v) is 5.75. The van der Waals surface area contributed by atoms with Crippen molar-refractivity contribution >= 4 is 27.3 Å². The van der Waals surface area contributed by atoms with E-state index in [9.17, 15) is 18.3 Å². The van der Waals surface area contributed by atoms with Gasteiger partial charge in [-0.1, -0.05) is 18.2 Å². The lowest BCUT2D eigenvalue weighted by atomic mass is 10.1. The smallest absolute Gasteiger partial charge is 0.254 e. The first kappa shape index (κ1) is 22.3. The summed E-state index contributed by atoms with van der Waals surface area (Å²) >= 11 is 1.61. The molecule has 1 aromatic heterocycles. The highest BCUT2D eigenvalue weighted by atomic mass is 32.2. The van der Waals surface area contributed by atoms with E-state index in [1.807, 2.05) is 23.6 Å². The number of amides is 1. The summed E-state index contributed by atoms with van der Waals surface area (Å²) in [7, 11) is -3.84. The lowest BCUT2D eigenvalue weighted by molar-refractivity contribution is 0.0697. The topological polar surface area (TPSA) is 87.2 Å². The summed E-state index contributed by atoms with van der Waals surface area (Å²) in [5.41, 5.74) is 1.25. The summed E-state index contributed by atoms with van der Waals surface area (Å²) in [6.45, 7) is 3.08. The molecule has 1 saturated heterocycles. The summed E-state index contributed by atoms with van der Waals surface area (Å²) in [5.74, 6) is 0.177. The van der Waals surface area contributed by atoms with Gasteiger partial charge in [-0.15, -0.1) is 11.3 Å². The Hall–Kier alpha value is -2.88. The molecule has 9 heteroatoms. The molecule has 0 radical (unpaired) electrons. The lowest BCUT2D eigenvalue weighted by Gasteiger charge is -2.34. The van der Waals surface area contributed by atoms with Crippen molar-refractivity contribution in [3.05, 3.63) is 76.0 Å². The molecular formula is C23H24N2O5S2. The van der Waals surface area contributed by atoms with Crippen LogP contribution in [0.4, 0.5) is 0 Å². The highest BCUT2D eigenvalue weighted by Crippen LogP contribution is 2.28. The third-order valence-corrected chi connectivity index (χ3v) is 8.08. The number of carbonyl (C=O) groups is 1. The molecule has 1 N–H and O–H groups in total. The predicted molar refractivity (Wildman–Crippen MR) is 123 cm³/mol. The molecule has 0 spiro atoms. The minimum Gasteiger partial charge on any atom is -0.507 e. The van der Waals surface area contributed by atoms with Crippen LogP contribution in [0.1, 0.15) is 20.8 Å². The number of rotatable bonds is 6. The minimum absolute atomic E-state index is 0.104. The molecule has 0 saturated carbocycles. The second-order valence-corrected chi connectivity index (χ2v) is 10.5. The lowest BCUT2D eigenvalue weighted by Crippen LogP contribution is -2.50. The first-order valence-electron chi connectivity index (χ1n) is 10.2. The van der Waals surface area contributed by atoms with Crippen molar-refractivity contribution < 1.29 is 23.1 Å². The standard InChI is InChI=1S/C23H24N2O5S2/c1-17-7-8-21(26)22(14-17)32(28,29)25-11-9-24(10-12-25)23(27)18-4-2-5-19(15-18)30-16-20-6-3-13-31-20/h2-8,13-15,26H,9-12,16H2,1H3. The van der Waals surface area contributed by atoms with Crippen molar-refractivity contribution in [1.29, 1.82) is 0 Å². The maximum atomic E-state index is 13.0. The Labute approximate surface area is 191 Å². The maximum Gasteiger partial charge on any atom is 0.254 e. The van der Waals surface area contributed by atoms with Crippen LogP contribution in [0.25, 0.3) is 0 Å². The molecule has 2 aromatic carbocycles. The fourth-order valence-electron chi connectivity index (χ4n) is 3.55. The van der Waals surface area contributed by atoms with E-state index >= 15 is 0 Å². The molecule has 1 aliphatic rings. The van der Waals surface area contributed by atoms with Gasteiger partial charge in [-0.25, -0.2) is 8.42 Å². The van der Waals surface area contributed by atoms with Gasteiger partial charge in [0.1, 0.15) is 23.0 Å². The van der Waals surface area contributed by atoms with Gasteiger partial charge in [0.25, 0.3) is 5.91 Å². The van der Waals surface area contributed by atoms with Gasteiger partial charge >= 0.3 is 0 Å². The Bertz CT molecular complexity index is 1200. The number of ether oxygens (including phenoxy) is 1. The number of benzene rings is 2. The van der Waals surface area contributed by atoms with Crippen LogP contribution in [0.2, 0.25) is 0 Å². The third kappa shape index (κ3) is 4.79. The molecule has 1 aliphatic heterocycles. The molecule has 168 valence electrons. The van der Waals surface area contributed by atoms with Gasteiger partial charge in [-0.2, -0.15) is 4.31 Å². The Balaban J connectivity index is 1.40. The van der Waals surface area contributed by atoms with Crippen LogP contribution >= 0.6 is 11.3 Å². The number of aromatic hydroxyl groups is 1. The first-order chi connectivity index (χ1) is 15.3. The molecule has 0 bridgehead atoms. The van der Waals surface area contributed by atoms with Crippen molar-refractivity contribution in [3.63, 3.8) is 0 Å². The number of phenols is 1. The summed E-state index contributed by atoms with van der Waals surface area (Å²) in [6.07, 6.45) is 0. The van der Waals surface area contributed by atoms with Crippen molar-refractivity contribution in [2.75, 3.05) is 26.2 Å². The van der Waals surface area contributed by atoms with E-state index in [2.05, 4.69) is 0 Å². The van der Waals surface area contributed by atoms with Gasteiger partial charge in [-0.05, 0) is 54.3 Å². The summed E-state index contributed by atoms with van der Waals surface area (Å²) in [5, 5.41) is 12.0. The van der Waals surface area contributed by atoms with Gasteiger partial charge < -0.3 is 14.7 Å². The summed E-state index contributed by atoms with van der Waals surface area (Å²) in [4.78, 5) is 15.6. The second-order valence-electron chi connectivity index (χ2n) is 7.56. The van der Waals surface area contributed by atoms with Gasteiger partial charge in [0.2, 0.25) is 10.0 Å². The van der Waals surface area contributed by atoms with E-state index in [-0.39, 0.29) is 42.7 Å². The number of phenolic OH excluding ortho intramolecular Hbond substituents is 1. The number of aryl methyl sites for hydroxylation is 1. The van der Waals surface area contributed by atoms with Crippen molar-refractivity contribution in [2.24, 2.45) is 0 Å². The highest BCUT2D eigenvalue weighted by Gasteiger charge is 2.32. The zero-order valence-corrected chi connectivity index (χ0v) is 19.2. The molecule has 0 atom stereocenters. The molecule has 0 aliphatic carbocycles. The van der Waals surface area contributed by atoms with Gasteiger partial charge in [0, 0.05) is 36.6 Å². The monoisotopic (exact) mass is 472 g/mol. The number of sulfonamides is 1. The van der Waals surface area contributed by atoms with E-state index in [1.54, 1.807) is 47.4 Å². The van der Waals surface area contributed by atoms with Crippen LogP contribution in [0.5, 0.6) is 11.5 Å². The normalized spacial score (nSPS) is 15.0. The Morgan fingerprint density at radius 3 is 2.56 bits per heavy atom. The van der Waals surface area contributed by atoms with Gasteiger partial charge in [0.05, 0.1) is 0 Å². The average Bonchev–Trinajstić information content (AvgIpc) is 3.33. The predicted octanol–water partition coefficient (Wildman–Crippen LogP) is 3.49. The number of piperazine rings is 1. The molecule has 2 heterocycles. The van der Waals surface area contributed by atoms with E-state index in [0.29, 0.717) is 17.9 Å². The Morgan fingerprint density at radius 2 is 1.84 bits per heavy atom. The molecule has 4 rings (SSSR count). The van der Waals surface area contributed by atoms with Gasteiger partial charge in [0.15, 0.2) is 0 Å². The zero-order valence-electron chi connectivity index (χ0n) is 17.6. The van der Waals surface area contributed by atoms with Crippen LogP contribution < -0.4 is 4.74 Å². The molecule has 32 heavy (non-hydrogen) atoms. The van der Waals surface area contributed by atoms with Crippen LogP contribution in [-0.2, 0) is 16.6 Å². The van der Waals surface area contributed by atoms with E-state index in [4.69, 9.17) is 4.74 Å². The second kappa shape index (κ2) is 9.32. The Kier molecular flexibility index (Phi) is 6.50. The van der Waals surface area contributed by atoms with Gasteiger partial charge in [-0.3, -0.25) is 4.79 Å². The molecule has 3 aromatic rings. The molecule has 7 nitrogen and oxygen atoms in total. The van der Waals surface area contributed by atoms with Crippen LogP contribution in [0, 0.1) is 6.92 Å². The van der Waals surface area contributed by atoms with Crippen molar-refractivity contribution in [3.8, 4) is 11.5 Å². The fraction of sp³-hybridized carbons (Fsp3) is 0.261. The quantitative estimate of drug-likeness (QED) is 0.594. The SMILES string of the molecule is Cc1ccc(O)c(S(=O)(=O)N2CCN(C(=O)c3cccc(OCc4cccs4)c3)CC2)c1.